The van der Waals surface area contributed by atoms with Crippen LogP contribution in [0.25, 0.3) is 0 Å². The van der Waals surface area contributed by atoms with Crippen molar-refractivity contribution in [2.45, 2.75) is 44.2 Å². The number of aliphatic hydroxyl groups is 1. The topological polar surface area (TPSA) is 114 Å². The van der Waals surface area contributed by atoms with E-state index in [9.17, 15) is 19.5 Å². The van der Waals surface area contributed by atoms with Crippen molar-refractivity contribution >= 4 is 23.5 Å². The van der Waals surface area contributed by atoms with Gasteiger partial charge in [0, 0.05) is 31.6 Å². The number of hydrogen-bond acceptors (Lipinski definition) is 6. The van der Waals surface area contributed by atoms with Crippen LogP contribution in [0.4, 0.5) is 5.69 Å². The van der Waals surface area contributed by atoms with Crippen molar-refractivity contribution in [1.29, 1.82) is 0 Å². The lowest BCUT2D eigenvalue weighted by atomic mass is 9.87. The lowest BCUT2D eigenvalue weighted by Crippen LogP contribution is -2.59. The standard InChI is InChI=1S/C19H24N2O6/c1-11-8-12(2)15-13(9-11)19(25,16(23)20-15)10-14(22)21-18(17(24)26-3)4-6-27-7-5-18/h8-9,25H,4-7,10H2,1-3H3,(H,20,23)(H,21,22). The zero-order valence-corrected chi connectivity index (χ0v) is 15.7. The van der Waals surface area contributed by atoms with Gasteiger partial charge in [0.15, 0.2) is 5.60 Å². The highest BCUT2D eigenvalue weighted by Crippen LogP contribution is 2.41. The number of benzene rings is 1. The minimum absolute atomic E-state index is 0.269. The van der Waals surface area contributed by atoms with E-state index in [4.69, 9.17) is 9.47 Å². The molecule has 0 saturated carbocycles. The molecule has 8 heteroatoms. The maximum absolute atomic E-state index is 12.7. The van der Waals surface area contributed by atoms with Gasteiger partial charge in [0.05, 0.1) is 19.2 Å². The molecular weight excluding hydrogens is 352 g/mol. The summed E-state index contributed by atoms with van der Waals surface area (Å²) in [5.41, 5.74) is -0.615. The van der Waals surface area contributed by atoms with Gasteiger partial charge < -0.3 is 25.2 Å². The number of rotatable bonds is 4. The lowest BCUT2D eigenvalue weighted by Gasteiger charge is -2.35. The number of nitrogens with one attached hydrogen (secondary N) is 2. The van der Waals surface area contributed by atoms with Crippen molar-refractivity contribution in [1.82, 2.24) is 5.32 Å². The first-order valence-corrected chi connectivity index (χ1v) is 8.84. The molecule has 3 N–H and O–H groups in total. The van der Waals surface area contributed by atoms with E-state index in [0.717, 1.165) is 11.1 Å². The average Bonchev–Trinajstić information content (AvgIpc) is 2.86. The van der Waals surface area contributed by atoms with E-state index in [1.54, 1.807) is 6.07 Å². The van der Waals surface area contributed by atoms with Gasteiger partial charge in [-0.15, -0.1) is 0 Å². The molecule has 1 fully saturated rings. The molecule has 2 heterocycles. The summed E-state index contributed by atoms with van der Waals surface area (Å²) in [6.45, 7) is 4.29. The van der Waals surface area contributed by atoms with E-state index in [2.05, 4.69) is 10.6 Å². The van der Waals surface area contributed by atoms with Gasteiger partial charge in [-0.25, -0.2) is 4.79 Å². The van der Waals surface area contributed by atoms with Crippen LogP contribution in [0.1, 0.15) is 36.0 Å². The first kappa shape index (κ1) is 19.3. The molecule has 0 bridgehead atoms. The Morgan fingerprint density at radius 1 is 1.30 bits per heavy atom. The molecule has 0 spiro atoms. The SMILES string of the molecule is COC(=O)C1(NC(=O)CC2(O)C(=O)Nc3c(C)cc(C)cc32)CCOCC1. The van der Waals surface area contributed by atoms with Crippen LogP contribution in [0, 0.1) is 13.8 Å². The van der Waals surface area contributed by atoms with Crippen LogP contribution in [-0.4, -0.2) is 48.8 Å². The third kappa shape index (κ3) is 3.30. The molecule has 0 aliphatic carbocycles. The molecule has 3 rings (SSSR count). The lowest BCUT2D eigenvalue weighted by molar-refractivity contribution is -0.156. The van der Waals surface area contributed by atoms with Crippen molar-refractivity contribution in [3.63, 3.8) is 0 Å². The summed E-state index contributed by atoms with van der Waals surface area (Å²) >= 11 is 0. The van der Waals surface area contributed by atoms with Gasteiger partial charge >= 0.3 is 5.97 Å². The third-order valence-corrected chi connectivity index (χ3v) is 5.26. The van der Waals surface area contributed by atoms with Crippen LogP contribution in [0.5, 0.6) is 0 Å². The Labute approximate surface area is 157 Å². The van der Waals surface area contributed by atoms with Gasteiger partial charge in [-0.05, 0) is 19.4 Å². The van der Waals surface area contributed by atoms with E-state index in [0.29, 0.717) is 24.5 Å². The van der Waals surface area contributed by atoms with Crippen LogP contribution in [-0.2, 0) is 29.5 Å². The summed E-state index contributed by atoms with van der Waals surface area (Å²) < 4.78 is 10.1. The Balaban J connectivity index is 1.85. The Morgan fingerprint density at radius 3 is 2.59 bits per heavy atom. The maximum Gasteiger partial charge on any atom is 0.331 e. The van der Waals surface area contributed by atoms with E-state index < -0.39 is 35.3 Å². The third-order valence-electron chi connectivity index (χ3n) is 5.26. The molecule has 2 aliphatic rings. The molecule has 1 aromatic rings. The highest BCUT2D eigenvalue weighted by atomic mass is 16.5. The van der Waals surface area contributed by atoms with Crippen LogP contribution in [0.3, 0.4) is 0 Å². The quantitative estimate of drug-likeness (QED) is 0.666. The number of anilines is 1. The van der Waals surface area contributed by atoms with Crippen LogP contribution in [0.15, 0.2) is 12.1 Å². The molecule has 2 aliphatic heterocycles. The Hall–Kier alpha value is -2.45. The molecule has 1 aromatic carbocycles. The Bertz CT molecular complexity index is 800. The monoisotopic (exact) mass is 376 g/mol. The summed E-state index contributed by atoms with van der Waals surface area (Å²) in [6.07, 6.45) is 0.0456. The summed E-state index contributed by atoms with van der Waals surface area (Å²) in [5.74, 6) is -1.82. The fourth-order valence-corrected chi connectivity index (χ4v) is 3.81. The number of carbonyl (C=O) groups excluding carboxylic acids is 3. The van der Waals surface area contributed by atoms with Gasteiger partial charge in [-0.2, -0.15) is 0 Å². The second-order valence-corrected chi connectivity index (χ2v) is 7.23. The van der Waals surface area contributed by atoms with E-state index >= 15 is 0 Å². The molecule has 0 radical (unpaired) electrons. The first-order chi connectivity index (χ1) is 12.7. The second kappa shape index (κ2) is 6.94. The number of amides is 2. The van der Waals surface area contributed by atoms with Crippen molar-refractivity contribution in [3.8, 4) is 0 Å². The average molecular weight is 376 g/mol. The van der Waals surface area contributed by atoms with Gasteiger partial charge in [0.2, 0.25) is 5.91 Å². The smallest absolute Gasteiger partial charge is 0.331 e. The van der Waals surface area contributed by atoms with Crippen molar-refractivity contribution in [3.05, 3.63) is 28.8 Å². The fraction of sp³-hybridized carbons (Fsp3) is 0.526. The molecule has 0 aromatic heterocycles. The minimum Gasteiger partial charge on any atom is -0.467 e. The summed E-state index contributed by atoms with van der Waals surface area (Å²) in [6, 6.07) is 3.58. The Morgan fingerprint density at radius 2 is 1.96 bits per heavy atom. The second-order valence-electron chi connectivity index (χ2n) is 7.23. The number of ether oxygens (including phenoxy) is 2. The van der Waals surface area contributed by atoms with Crippen LogP contribution < -0.4 is 10.6 Å². The summed E-state index contributed by atoms with van der Waals surface area (Å²) in [4.78, 5) is 37.4. The number of carbonyl (C=O) groups is 3. The zero-order chi connectivity index (χ0) is 19.8. The predicted molar refractivity (Wildman–Crippen MR) is 96.0 cm³/mol. The van der Waals surface area contributed by atoms with E-state index in [1.165, 1.54) is 7.11 Å². The number of fused-ring (bicyclic) bond motifs is 1. The molecular formula is C19H24N2O6. The van der Waals surface area contributed by atoms with Gasteiger partial charge in [-0.3, -0.25) is 9.59 Å². The number of aryl methyl sites for hydroxylation is 2. The highest BCUT2D eigenvalue weighted by Gasteiger charge is 2.49. The Kier molecular flexibility index (Phi) is 4.96. The minimum atomic E-state index is -1.99. The molecule has 1 atom stereocenters. The first-order valence-electron chi connectivity index (χ1n) is 8.84. The maximum atomic E-state index is 12.7. The van der Waals surface area contributed by atoms with Gasteiger partial charge in [-0.1, -0.05) is 17.7 Å². The van der Waals surface area contributed by atoms with Gasteiger partial charge in [0.25, 0.3) is 5.91 Å². The number of methoxy groups -OCH3 is 1. The van der Waals surface area contributed by atoms with Crippen molar-refractivity contribution in [2.75, 3.05) is 25.6 Å². The fourth-order valence-electron chi connectivity index (χ4n) is 3.81. The van der Waals surface area contributed by atoms with Gasteiger partial charge in [0.1, 0.15) is 5.54 Å². The molecule has 2 amide bonds. The van der Waals surface area contributed by atoms with Crippen molar-refractivity contribution in [2.24, 2.45) is 0 Å². The van der Waals surface area contributed by atoms with E-state index in [1.807, 2.05) is 19.9 Å². The predicted octanol–water partition coefficient (Wildman–Crippen LogP) is 0.672. The van der Waals surface area contributed by atoms with E-state index in [-0.39, 0.29) is 12.8 Å². The van der Waals surface area contributed by atoms with Crippen LogP contribution >= 0.6 is 0 Å². The summed E-state index contributed by atoms with van der Waals surface area (Å²) in [5, 5.41) is 16.4. The molecule has 8 nitrogen and oxygen atoms in total. The molecule has 1 unspecified atom stereocenters. The normalized spacial score (nSPS) is 23.3. The highest BCUT2D eigenvalue weighted by molar-refractivity contribution is 6.08. The summed E-state index contributed by atoms with van der Waals surface area (Å²) in [7, 11) is 1.26. The largest absolute Gasteiger partial charge is 0.467 e. The molecule has 146 valence electrons. The molecule has 27 heavy (non-hydrogen) atoms. The van der Waals surface area contributed by atoms with Crippen LogP contribution in [0.2, 0.25) is 0 Å². The number of hydrogen-bond donors (Lipinski definition) is 3. The zero-order valence-electron chi connectivity index (χ0n) is 15.7. The van der Waals surface area contributed by atoms with Crippen molar-refractivity contribution < 1.29 is 29.0 Å². The number of esters is 1. The molecule has 1 saturated heterocycles.